The fraction of sp³-hybridized carbons (Fsp3) is 0.638. The second-order valence-corrected chi connectivity index (χ2v) is 18.5. The Kier molecular flexibility index (Phi) is 26.4. The molecule has 1 saturated heterocycles. The van der Waals surface area contributed by atoms with Gasteiger partial charge in [-0.15, -0.1) is 0 Å². The van der Waals surface area contributed by atoms with Crippen LogP contribution < -0.4 is 60.2 Å². The maximum Gasteiger partial charge on any atom is 0.326 e. The number of aliphatic hydroxyl groups is 2. The third-order valence-corrected chi connectivity index (χ3v) is 12.3. The van der Waals surface area contributed by atoms with Gasteiger partial charge in [0.15, 0.2) is 0 Å². The first-order chi connectivity index (χ1) is 34.4. The lowest BCUT2D eigenvalue weighted by atomic mass is 9.96. The number of benzene rings is 1. The highest BCUT2D eigenvalue weighted by atomic mass is 16.4. The second kappa shape index (κ2) is 31.0. The van der Waals surface area contributed by atoms with Crippen LogP contribution in [0.1, 0.15) is 98.0 Å². The molecule has 1 heterocycles. The van der Waals surface area contributed by atoms with E-state index in [-0.39, 0.29) is 57.5 Å². The molecule has 26 nitrogen and oxygen atoms in total. The zero-order valence-electron chi connectivity index (χ0n) is 42.1. The molecule has 2 rings (SSSR count). The number of carbonyl (C=O) groups excluding carboxylic acids is 10. The van der Waals surface area contributed by atoms with Gasteiger partial charge in [-0.05, 0) is 69.4 Å². The number of carboxylic acids is 1. The van der Waals surface area contributed by atoms with E-state index in [0.717, 1.165) is 4.90 Å². The molecule has 1 aliphatic heterocycles. The number of carboxylic acid groups (broad SMARTS) is 1. The Morgan fingerprint density at radius 1 is 0.685 bits per heavy atom. The topological polar surface area (TPSA) is 440 Å². The quantitative estimate of drug-likeness (QED) is 0.0302. The van der Waals surface area contributed by atoms with Crippen molar-refractivity contribution >= 4 is 65.0 Å². The smallest absolute Gasteiger partial charge is 0.326 e. The second-order valence-electron chi connectivity index (χ2n) is 18.5. The van der Waals surface area contributed by atoms with E-state index in [4.69, 9.17) is 22.9 Å². The highest BCUT2D eigenvalue weighted by Gasteiger charge is 2.41. The molecule has 0 bridgehead atoms. The summed E-state index contributed by atoms with van der Waals surface area (Å²) in [5, 5.41) is 47.3. The molecule has 1 fully saturated rings. The lowest BCUT2D eigenvalue weighted by molar-refractivity contribution is -0.144. The van der Waals surface area contributed by atoms with E-state index < -0.39 is 151 Å². The van der Waals surface area contributed by atoms with Crippen LogP contribution in [0.3, 0.4) is 0 Å². The number of nitrogens with zero attached hydrogens (tertiary/aromatic N) is 1. The van der Waals surface area contributed by atoms with Crippen LogP contribution in [-0.4, -0.2) is 165 Å². The van der Waals surface area contributed by atoms with E-state index in [1.165, 1.54) is 6.92 Å². The molecule has 0 spiro atoms. The third kappa shape index (κ3) is 20.3. The van der Waals surface area contributed by atoms with E-state index in [1.54, 1.807) is 58.0 Å². The number of primary amides is 2. The summed E-state index contributed by atoms with van der Waals surface area (Å²) in [6.45, 7) is 7.17. The van der Waals surface area contributed by atoms with Gasteiger partial charge in [-0.2, -0.15) is 0 Å². The maximum atomic E-state index is 14.3. The monoisotopic (exact) mass is 1030 g/mol. The van der Waals surface area contributed by atoms with Gasteiger partial charge in [0.1, 0.15) is 48.3 Å². The molecule has 26 heteroatoms. The number of unbranched alkanes of at least 4 members (excludes halogenated alkanes) is 1. The van der Waals surface area contributed by atoms with Crippen LogP contribution in [0.15, 0.2) is 30.3 Å². The van der Waals surface area contributed by atoms with E-state index >= 15 is 0 Å². The van der Waals surface area contributed by atoms with E-state index in [1.807, 2.05) is 0 Å². The summed E-state index contributed by atoms with van der Waals surface area (Å²) in [5.74, 6) is -11.7. The number of hydrogen-bond acceptors (Lipinski definition) is 15. The zero-order valence-corrected chi connectivity index (χ0v) is 42.1. The fourth-order valence-electron chi connectivity index (χ4n) is 7.71. The Hall–Kier alpha value is -6.77. The van der Waals surface area contributed by atoms with Gasteiger partial charge in [-0.3, -0.25) is 47.9 Å². The molecule has 0 saturated carbocycles. The summed E-state index contributed by atoms with van der Waals surface area (Å²) in [6.07, 6.45) is -1.90. The number of carbonyl (C=O) groups is 11. The van der Waals surface area contributed by atoms with E-state index in [9.17, 15) is 68.1 Å². The summed E-state index contributed by atoms with van der Waals surface area (Å²) in [4.78, 5) is 147. The van der Waals surface area contributed by atoms with Crippen molar-refractivity contribution in [1.82, 2.24) is 42.1 Å². The number of likely N-dealkylation sites (tertiary alicyclic amines) is 1. The summed E-state index contributed by atoms with van der Waals surface area (Å²) in [5.41, 5.74) is 22.9. The summed E-state index contributed by atoms with van der Waals surface area (Å²) >= 11 is 0. The van der Waals surface area contributed by atoms with Gasteiger partial charge in [0.2, 0.25) is 59.1 Å². The average Bonchev–Trinajstić information content (AvgIpc) is 3.84. The Morgan fingerprint density at radius 3 is 1.79 bits per heavy atom. The molecule has 73 heavy (non-hydrogen) atoms. The Labute approximate surface area is 424 Å². The van der Waals surface area contributed by atoms with Gasteiger partial charge in [0.25, 0.3) is 0 Å². The first kappa shape index (κ1) is 62.3. The molecule has 10 amide bonds. The van der Waals surface area contributed by atoms with Gasteiger partial charge < -0.3 is 80.4 Å². The van der Waals surface area contributed by atoms with Crippen molar-refractivity contribution in [2.24, 2.45) is 34.8 Å². The minimum atomic E-state index is -1.70. The summed E-state index contributed by atoms with van der Waals surface area (Å²) in [7, 11) is 0. The molecule has 0 radical (unpaired) electrons. The SMILES string of the molecule is CC[C@H](C)[C@H](NC(=O)[C@H](CCC(N)=O)NC(=O)[C@@H]1CCCN1C(=O)[C@H](CC(N)=O)NC(=O)[C@H](Cc1ccccc1)NC(=O)[C@H](CO)NC(=O)[C@@H](N)C(C)C)C(=O)N[C@H](C(=O)N[C@@H](CCCCN)C(=O)O)[C@@H](C)O. The van der Waals surface area contributed by atoms with Crippen LogP contribution >= 0.6 is 0 Å². The van der Waals surface area contributed by atoms with E-state index in [0.29, 0.717) is 18.4 Å². The van der Waals surface area contributed by atoms with Crippen molar-refractivity contribution in [3.05, 3.63) is 35.9 Å². The predicted octanol–water partition coefficient (Wildman–Crippen LogP) is -4.63. The van der Waals surface area contributed by atoms with Gasteiger partial charge >= 0.3 is 5.97 Å². The highest BCUT2D eigenvalue weighted by Crippen LogP contribution is 2.21. The lowest BCUT2D eigenvalue weighted by Gasteiger charge is -2.31. The standard InChI is InChI=1S/C47H76N12O14/c1-6-25(4)37(44(69)58-38(26(5)61)45(70)53-29(47(72)73)15-10-11-19-48)57-39(64)28(17-18-34(49)62)52-42(67)33-16-12-20-59(33)46(71)31(22-35(50)63)55-40(65)30(21-27-13-8-7-9-14-27)54-41(66)32(23-60)56-43(68)36(51)24(2)3/h7-9,13-14,24-26,28-33,36-38,60-61H,6,10-12,15-23,48,51H2,1-5H3,(H2,49,62)(H2,50,63)(H,52,67)(H,53,70)(H,54,66)(H,55,65)(H,56,68)(H,57,64)(H,58,69)(H,72,73)/t25-,26+,28-,29-,30-,31-,32-,33-,36-,37-,38-/m0/s1. The van der Waals surface area contributed by atoms with Crippen molar-refractivity contribution in [1.29, 1.82) is 0 Å². The van der Waals surface area contributed by atoms with Gasteiger partial charge in [-0.1, -0.05) is 64.4 Å². The lowest BCUT2D eigenvalue weighted by Crippen LogP contribution is -2.62. The molecular weight excluding hydrogens is 957 g/mol. The number of aliphatic carboxylic acids is 1. The van der Waals surface area contributed by atoms with Crippen LogP contribution in [0.4, 0.5) is 0 Å². The maximum absolute atomic E-state index is 14.3. The Morgan fingerprint density at radius 2 is 1.25 bits per heavy atom. The van der Waals surface area contributed by atoms with Crippen molar-refractivity contribution in [2.75, 3.05) is 19.7 Å². The van der Waals surface area contributed by atoms with Crippen LogP contribution in [0.2, 0.25) is 0 Å². The predicted molar refractivity (Wildman–Crippen MR) is 262 cm³/mol. The van der Waals surface area contributed by atoms with Crippen LogP contribution in [0, 0.1) is 11.8 Å². The van der Waals surface area contributed by atoms with Crippen LogP contribution in [0.5, 0.6) is 0 Å². The Balaban J connectivity index is 2.39. The molecule has 0 unspecified atom stereocenters. The van der Waals surface area contributed by atoms with Gasteiger partial charge in [0.05, 0.1) is 25.2 Å². The molecule has 1 aliphatic rings. The Bertz CT molecular complexity index is 2080. The van der Waals surface area contributed by atoms with Gasteiger partial charge in [-0.25, -0.2) is 4.79 Å². The number of amides is 10. The van der Waals surface area contributed by atoms with Gasteiger partial charge in [0, 0.05) is 19.4 Å². The van der Waals surface area contributed by atoms with E-state index in [2.05, 4.69) is 37.2 Å². The molecular formula is C47H76N12O14. The zero-order chi connectivity index (χ0) is 55.1. The minimum Gasteiger partial charge on any atom is -0.480 e. The molecule has 1 aromatic rings. The van der Waals surface area contributed by atoms with Crippen molar-refractivity contribution in [3.63, 3.8) is 0 Å². The summed E-state index contributed by atoms with van der Waals surface area (Å²) < 4.78 is 0. The number of aliphatic hydroxyl groups excluding tert-OH is 2. The van der Waals surface area contributed by atoms with Crippen molar-refractivity contribution < 1.29 is 68.1 Å². The van der Waals surface area contributed by atoms with Crippen LogP contribution in [0.25, 0.3) is 0 Å². The molecule has 408 valence electrons. The highest BCUT2D eigenvalue weighted by molar-refractivity contribution is 5.99. The average molecular weight is 1030 g/mol. The first-order valence-corrected chi connectivity index (χ1v) is 24.4. The normalized spacial score (nSPS) is 17.4. The number of rotatable bonds is 32. The molecule has 1 aromatic carbocycles. The first-order valence-electron chi connectivity index (χ1n) is 24.4. The largest absolute Gasteiger partial charge is 0.480 e. The fourth-order valence-corrected chi connectivity index (χ4v) is 7.71. The minimum absolute atomic E-state index is 0.0169. The van der Waals surface area contributed by atoms with Crippen LogP contribution in [-0.2, 0) is 59.2 Å². The summed E-state index contributed by atoms with van der Waals surface area (Å²) in [6, 6.07) is -4.74. The molecule has 0 aromatic heterocycles. The molecule has 18 N–H and O–H groups in total. The molecule has 11 atom stereocenters. The third-order valence-electron chi connectivity index (χ3n) is 12.3. The van der Waals surface area contributed by atoms with Crippen molar-refractivity contribution in [2.45, 2.75) is 159 Å². The number of nitrogens with one attached hydrogen (secondary N) is 7. The number of hydrogen-bond donors (Lipinski definition) is 14. The van der Waals surface area contributed by atoms with Crippen molar-refractivity contribution in [3.8, 4) is 0 Å². The number of nitrogens with two attached hydrogens (primary N) is 4. The molecule has 0 aliphatic carbocycles.